The van der Waals surface area contributed by atoms with E-state index >= 15 is 0 Å². The van der Waals surface area contributed by atoms with Crippen LogP contribution in [0.4, 0.5) is 5.69 Å². The SMILES string of the molecule is Cc1ccc(NS(=O)(=O)c2ccc(C(=O)NCCCN3CCCC[C@H]3C)cc2)cc1. The maximum atomic E-state index is 12.5. The van der Waals surface area contributed by atoms with Crippen LogP contribution in [0.25, 0.3) is 0 Å². The van der Waals surface area contributed by atoms with Crippen molar-refractivity contribution in [2.24, 2.45) is 0 Å². The summed E-state index contributed by atoms with van der Waals surface area (Å²) in [6.45, 7) is 6.94. The molecule has 1 aliphatic heterocycles. The van der Waals surface area contributed by atoms with E-state index in [9.17, 15) is 13.2 Å². The quantitative estimate of drug-likeness (QED) is 0.626. The normalized spacial score (nSPS) is 17.5. The van der Waals surface area contributed by atoms with Crippen LogP contribution in [-0.2, 0) is 10.0 Å². The lowest BCUT2D eigenvalue weighted by atomic mass is 10.0. The molecule has 30 heavy (non-hydrogen) atoms. The van der Waals surface area contributed by atoms with Crippen molar-refractivity contribution in [2.45, 2.75) is 50.5 Å². The number of rotatable bonds is 8. The molecular formula is C23H31N3O3S. The molecule has 1 aliphatic rings. The molecule has 0 spiro atoms. The molecule has 0 saturated carbocycles. The summed E-state index contributed by atoms with van der Waals surface area (Å²) in [5.74, 6) is -0.183. The molecule has 1 atom stereocenters. The van der Waals surface area contributed by atoms with E-state index in [0.717, 1.165) is 25.1 Å². The van der Waals surface area contributed by atoms with Gasteiger partial charge in [-0.05, 0) is 76.1 Å². The first-order valence-electron chi connectivity index (χ1n) is 10.6. The molecule has 1 fully saturated rings. The van der Waals surface area contributed by atoms with Gasteiger partial charge < -0.3 is 10.2 Å². The lowest BCUT2D eigenvalue weighted by Gasteiger charge is -2.33. The lowest BCUT2D eigenvalue weighted by Crippen LogP contribution is -2.39. The number of anilines is 1. The van der Waals surface area contributed by atoms with Crippen molar-refractivity contribution in [1.29, 1.82) is 0 Å². The minimum absolute atomic E-state index is 0.124. The third kappa shape index (κ3) is 6.06. The standard InChI is InChI=1S/C23H31N3O3S/c1-18-7-11-21(12-8-18)25-30(28,29)22-13-9-20(10-14-22)23(27)24-15-5-17-26-16-4-3-6-19(26)2/h7-14,19,25H,3-6,15-17H2,1-2H3,(H,24,27)/t19-/m1/s1. The van der Waals surface area contributed by atoms with Gasteiger partial charge in [0.05, 0.1) is 4.90 Å². The second-order valence-electron chi connectivity index (χ2n) is 7.99. The van der Waals surface area contributed by atoms with Crippen LogP contribution >= 0.6 is 0 Å². The summed E-state index contributed by atoms with van der Waals surface area (Å²) < 4.78 is 27.6. The molecule has 2 N–H and O–H groups in total. The van der Waals surface area contributed by atoms with Crippen LogP contribution in [0.2, 0.25) is 0 Å². The number of amides is 1. The van der Waals surface area contributed by atoms with E-state index in [1.165, 1.54) is 31.4 Å². The average molecular weight is 430 g/mol. The monoisotopic (exact) mass is 429 g/mol. The van der Waals surface area contributed by atoms with Crippen molar-refractivity contribution in [1.82, 2.24) is 10.2 Å². The Labute approximate surface area is 179 Å². The molecule has 0 bridgehead atoms. The lowest BCUT2D eigenvalue weighted by molar-refractivity contribution is 0.0948. The van der Waals surface area contributed by atoms with Gasteiger partial charge in [0, 0.05) is 30.4 Å². The van der Waals surface area contributed by atoms with E-state index in [2.05, 4.69) is 21.9 Å². The van der Waals surface area contributed by atoms with Crippen LogP contribution in [0.15, 0.2) is 53.4 Å². The van der Waals surface area contributed by atoms with E-state index in [1.807, 2.05) is 19.1 Å². The minimum Gasteiger partial charge on any atom is -0.352 e. The molecule has 1 saturated heterocycles. The number of carbonyl (C=O) groups excluding carboxylic acids is 1. The summed E-state index contributed by atoms with van der Waals surface area (Å²) in [5, 5.41) is 2.93. The Morgan fingerprint density at radius 2 is 1.77 bits per heavy atom. The van der Waals surface area contributed by atoms with Gasteiger partial charge in [0.15, 0.2) is 0 Å². The fraction of sp³-hybridized carbons (Fsp3) is 0.435. The number of nitrogens with zero attached hydrogens (tertiary/aromatic N) is 1. The predicted octanol–water partition coefficient (Wildman–Crippen LogP) is 3.79. The third-order valence-electron chi connectivity index (χ3n) is 5.58. The van der Waals surface area contributed by atoms with Crippen molar-refractivity contribution < 1.29 is 13.2 Å². The maximum absolute atomic E-state index is 12.5. The molecule has 0 radical (unpaired) electrons. The number of likely N-dealkylation sites (tertiary alicyclic amines) is 1. The molecule has 0 unspecified atom stereocenters. The molecule has 6 nitrogen and oxygen atoms in total. The van der Waals surface area contributed by atoms with Gasteiger partial charge in [-0.2, -0.15) is 0 Å². The fourth-order valence-corrected chi connectivity index (χ4v) is 4.76. The van der Waals surface area contributed by atoms with Crippen molar-refractivity contribution >= 4 is 21.6 Å². The molecular weight excluding hydrogens is 398 g/mol. The minimum atomic E-state index is -3.69. The van der Waals surface area contributed by atoms with E-state index in [1.54, 1.807) is 24.3 Å². The van der Waals surface area contributed by atoms with Crippen molar-refractivity contribution in [3.63, 3.8) is 0 Å². The Balaban J connectivity index is 1.50. The zero-order valence-corrected chi connectivity index (χ0v) is 18.5. The number of hydrogen-bond acceptors (Lipinski definition) is 4. The van der Waals surface area contributed by atoms with Crippen LogP contribution in [-0.4, -0.2) is 44.9 Å². The summed E-state index contributed by atoms with van der Waals surface area (Å²) in [5.41, 5.74) is 2.01. The molecule has 1 heterocycles. The van der Waals surface area contributed by atoms with Gasteiger partial charge in [-0.15, -0.1) is 0 Å². The zero-order valence-electron chi connectivity index (χ0n) is 17.7. The summed E-state index contributed by atoms with van der Waals surface area (Å²) in [6.07, 6.45) is 4.72. The van der Waals surface area contributed by atoms with Gasteiger partial charge in [-0.25, -0.2) is 8.42 Å². The highest BCUT2D eigenvalue weighted by Gasteiger charge is 2.18. The molecule has 1 amide bonds. The summed E-state index contributed by atoms with van der Waals surface area (Å²) in [6, 6.07) is 13.8. The number of aryl methyl sites for hydroxylation is 1. The highest BCUT2D eigenvalue weighted by molar-refractivity contribution is 7.92. The first-order valence-corrected chi connectivity index (χ1v) is 12.1. The molecule has 0 aromatic heterocycles. The average Bonchev–Trinajstić information content (AvgIpc) is 2.74. The maximum Gasteiger partial charge on any atom is 0.261 e. The molecule has 162 valence electrons. The Morgan fingerprint density at radius 3 is 2.43 bits per heavy atom. The second-order valence-corrected chi connectivity index (χ2v) is 9.67. The zero-order chi connectivity index (χ0) is 21.6. The Morgan fingerprint density at radius 1 is 1.07 bits per heavy atom. The molecule has 7 heteroatoms. The van der Waals surface area contributed by atoms with Gasteiger partial charge in [0.2, 0.25) is 0 Å². The number of nitrogens with one attached hydrogen (secondary N) is 2. The van der Waals surface area contributed by atoms with Crippen molar-refractivity contribution in [2.75, 3.05) is 24.4 Å². The summed E-state index contributed by atoms with van der Waals surface area (Å²) >= 11 is 0. The van der Waals surface area contributed by atoms with Crippen molar-refractivity contribution in [3.8, 4) is 0 Å². The van der Waals surface area contributed by atoms with Crippen LogP contribution in [0.3, 0.4) is 0 Å². The smallest absolute Gasteiger partial charge is 0.261 e. The fourth-order valence-electron chi connectivity index (χ4n) is 3.70. The van der Waals surface area contributed by atoms with Gasteiger partial charge in [-0.1, -0.05) is 24.1 Å². The summed E-state index contributed by atoms with van der Waals surface area (Å²) in [4.78, 5) is 15.0. The number of benzene rings is 2. The Bertz CT molecular complexity index is 941. The van der Waals surface area contributed by atoms with Crippen LogP contribution in [0.5, 0.6) is 0 Å². The highest BCUT2D eigenvalue weighted by Crippen LogP contribution is 2.18. The first kappa shape index (κ1) is 22.3. The topological polar surface area (TPSA) is 78.5 Å². The van der Waals surface area contributed by atoms with E-state index in [0.29, 0.717) is 23.8 Å². The Kier molecular flexibility index (Phi) is 7.50. The highest BCUT2D eigenvalue weighted by atomic mass is 32.2. The largest absolute Gasteiger partial charge is 0.352 e. The second kappa shape index (κ2) is 10.1. The van der Waals surface area contributed by atoms with Gasteiger partial charge in [0.1, 0.15) is 0 Å². The number of piperidine rings is 1. The number of sulfonamides is 1. The molecule has 0 aliphatic carbocycles. The predicted molar refractivity (Wildman–Crippen MR) is 120 cm³/mol. The Hall–Kier alpha value is -2.38. The van der Waals surface area contributed by atoms with E-state index < -0.39 is 10.0 Å². The van der Waals surface area contributed by atoms with Crippen LogP contribution in [0, 0.1) is 6.92 Å². The van der Waals surface area contributed by atoms with Crippen LogP contribution < -0.4 is 10.0 Å². The summed E-state index contributed by atoms with van der Waals surface area (Å²) in [7, 11) is -3.69. The van der Waals surface area contributed by atoms with E-state index in [4.69, 9.17) is 0 Å². The number of carbonyl (C=O) groups is 1. The molecule has 2 aromatic carbocycles. The van der Waals surface area contributed by atoms with Crippen LogP contribution in [0.1, 0.15) is 48.5 Å². The van der Waals surface area contributed by atoms with Gasteiger partial charge >= 0.3 is 0 Å². The van der Waals surface area contributed by atoms with Gasteiger partial charge in [-0.3, -0.25) is 9.52 Å². The number of hydrogen-bond donors (Lipinski definition) is 2. The van der Waals surface area contributed by atoms with E-state index in [-0.39, 0.29) is 10.8 Å². The molecule has 3 rings (SSSR count). The van der Waals surface area contributed by atoms with Crippen molar-refractivity contribution in [3.05, 3.63) is 59.7 Å². The molecule has 2 aromatic rings. The first-order chi connectivity index (χ1) is 14.3. The third-order valence-corrected chi connectivity index (χ3v) is 6.98. The van der Waals surface area contributed by atoms with Gasteiger partial charge in [0.25, 0.3) is 15.9 Å².